The molecular weight excluding hydrogens is 284 g/mol. The largest absolute Gasteiger partial charge is 0.387 e. The molecule has 0 saturated heterocycles. The number of para-hydroxylation sites is 1. The minimum atomic E-state index is -3.43. The topological polar surface area (TPSA) is 49.4 Å². The van der Waals surface area contributed by atoms with Gasteiger partial charge in [-0.25, -0.2) is 8.42 Å². The number of hydrogen-bond donors (Lipinski definition) is 1. The van der Waals surface area contributed by atoms with Gasteiger partial charge in [-0.1, -0.05) is 25.5 Å². The first-order valence-corrected chi connectivity index (χ1v) is 9.19. The molecule has 0 atom stereocenters. The Morgan fingerprint density at radius 2 is 1.81 bits per heavy atom. The number of rotatable bonds is 5. The predicted molar refractivity (Wildman–Crippen MR) is 87.0 cm³/mol. The van der Waals surface area contributed by atoms with Crippen LogP contribution in [0.2, 0.25) is 0 Å². The van der Waals surface area contributed by atoms with Gasteiger partial charge in [0.1, 0.15) is 4.90 Å². The van der Waals surface area contributed by atoms with E-state index in [2.05, 4.69) is 12.2 Å². The molecule has 5 heteroatoms. The van der Waals surface area contributed by atoms with Gasteiger partial charge in [0.2, 0.25) is 10.0 Å². The van der Waals surface area contributed by atoms with Crippen LogP contribution in [0.25, 0.3) is 0 Å². The molecule has 0 amide bonds. The Bertz CT molecular complexity index is 563. The Balaban J connectivity index is 2.19. The second-order valence-electron chi connectivity index (χ2n) is 5.85. The van der Waals surface area contributed by atoms with Crippen molar-refractivity contribution in [2.75, 3.05) is 19.4 Å². The molecule has 1 aromatic carbocycles. The molecule has 1 aliphatic rings. The summed E-state index contributed by atoms with van der Waals surface area (Å²) in [4.78, 5) is 0.368. The fraction of sp³-hybridized carbons (Fsp3) is 0.625. The van der Waals surface area contributed by atoms with Gasteiger partial charge in [0.25, 0.3) is 0 Å². The van der Waals surface area contributed by atoms with Gasteiger partial charge in [-0.05, 0) is 43.7 Å². The number of sulfonamides is 1. The van der Waals surface area contributed by atoms with Gasteiger partial charge >= 0.3 is 0 Å². The highest BCUT2D eigenvalue weighted by Gasteiger charge is 2.32. The Morgan fingerprint density at radius 3 is 2.38 bits per heavy atom. The summed E-state index contributed by atoms with van der Waals surface area (Å²) in [5.74, 6) is 0.766. The monoisotopic (exact) mass is 310 g/mol. The van der Waals surface area contributed by atoms with E-state index < -0.39 is 10.0 Å². The SMILES string of the molecule is CCC1CCC(N(C)S(=O)(=O)c2ccccc2NC)CC1. The fourth-order valence-corrected chi connectivity index (χ4v) is 4.78. The second-order valence-corrected chi connectivity index (χ2v) is 7.82. The molecule has 0 aromatic heterocycles. The number of nitrogens with zero attached hydrogens (tertiary/aromatic N) is 1. The first kappa shape index (κ1) is 16.3. The van der Waals surface area contributed by atoms with E-state index in [0.717, 1.165) is 31.6 Å². The first-order chi connectivity index (χ1) is 10.0. The number of hydrogen-bond acceptors (Lipinski definition) is 3. The van der Waals surface area contributed by atoms with Gasteiger partial charge in [0.15, 0.2) is 0 Å². The zero-order valence-electron chi connectivity index (χ0n) is 13.2. The number of benzene rings is 1. The molecule has 1 fully saturated rings. The molecule has 4 nitrogen and oxygen atoms in total. The molecular formula is C16H26N2O2S. The van der Waals surface area contributed by atoms with Crippen LogP contribution in [0.1, 0.15) is 39.0 Å². The van der Waals surface area contributed by atoms with E-state index >= 15 is 0 Å². The average molecular weight is 310 g/mol. The van der Waals surface area contributed by atoms with Gasteiger partial charge in [-0.3, -0.25) is 0 Å². The Kier molecular flexibility index (Phi) is 5.27. The van der Waals surface area contributed by atoms with Crippen LogP contribution in [0.4, 0.5) is 5.69 Å². The van der Waals surface area contributed by atoms with E-state index in [1.165, 1.54) is 6.42 Å². The lowest BCUT2D eigenvalue weighted by Crippen LogP contribution is -2.39. The van der Waals surface area contributed by atoms with E-state index in [0.29, 0.717) is 10.6 Å². The van der Waals surface area contributed by atoms with Crippen LogP contribution in [0, 0.1) is 5.92 Å². The molecule has 2 rings (SSSR count). The number of nitrogens with one attached hydrogen (secondary N) is 1. The highest BCUT2D eigenvalue weighted by atomic mass is 32.2. The molecule has 21 heavy (non-hydrogen) atoms. The summed E-state index contributed by atoms with van der Waals surface area (Å²) < 4.78 is 27.3. The Labute approximate surface area is 128 Å². The predicted octanol–water partition coefficient (Wildman–Crippen LogP) is 3.32. The van der Waals surface area contributed by atoms with Crippen molar-refractivity contribution < 1.29 is 8.42 Å². The van der Waals surface area contributed by atoms with E-state index in [1.54, 1.807) is 36.6 Å². The summed E-state index contributed by atoms with van der Waals surface area (Å²) in [6.45, 7) is 2.22. The lowest BCUT2D eigenvalue weighted by Gasteiger charge is -2.34. The van der Waals surface area contributed by atoms with Crippen LogP contribution in [-0.2, 0) is 10.0 Å². The second kappa shape index (κ2) is 6.79. The quantitative estimate of drug-likeness (QED) is 0.907. The van der Waals surface area contributed by atoms with Crippen molar-refractivity contribution in [3.8, 4) is 0 Å². The van der Waals surface area contributed by atoms with Crippen LogP contribution in [-0.4, -0.2) is 32.9 Å². The van der Waals surface area contributed by atoms with Crippen LogP contribution in [0.5, 0.6) is 0 Å². The van der Waals surface area contributed by atoms with Crippen molar-refractivity contribution in [1.82, 2.24) is 4.31 Å². The van der Waals surface area contributed by atoms with Crippen molar-refractivity contribution in [2.45, 2.75) is 50.0 Å². The van der Waals surface area contributed by atoms with Crippen LogP contribution in [0.3, 0.4) is 0 Å². The van der Waals surface area contributed by atoms with Crippen LogP contribution in [0.15, 0.2) is 29.2 Å². The molecule has 118 valence electrons. The van der Waals surface area contributed by atoms with Crippen molar-refractivity contribution in [3.63, 3.8) is 0 Å². The van der Waals surface area contributed by atoms with Crippen molar-refractivity contribution in [1.29, 1.82) is 0 Å². The minimum Gasteiger partial charge on any atom is -0.387 e. The molecule has 1 aromatic rings. The zero-order chi connectivity index (χ0) is 15.5. The number of anilines is 1. The third-order valence-corrected chi connectivity index (χ3v) is 6.69. The molecule has 1 aliphatic carbocycles. The molecule has 0 bridgehead atoms. The summed E-state index contributed by atoms with van der Waals surface area (Å²) in [5.41, 5.74) is 0.659. The Morgan fingerprint density at radius 1 is 1.19 bits per heavy atom. The Hall–Kier alpha value is -1.07. The van der Waals surface area contributed by atoms with Crippen molar-refractivity contribution >= 4 is 15.7 Å². The average Bonchev–Trinajstić information content (AvgIpc) is 2.54. The summed E-state index contributed by atoms with van der Waals surface area (Å²) in [6, 6.07) is 7.22. The van der Waals surface area contributed by atoms with Crippen LogP contribution < -0.4 is 5.32 Å². The molecule has 1 N–H and O–H groups in total. The molecule has 1 saturated carbocycles. The molecule has 0 aliphatic heterocycles. The maximum absolute atomic E-state index is 12.8. The first-order valence-electron chi connectivity index (χ1n) is 7.75. The zero-order valence-corrected chi connectivity index (χ0v) is 14.0. The lowest BCUT2D eigenvalue weighted by molar-refractivity contribution is 0.233. The molecule has 0 unspecified atom stereocenters. The van der Waals surface area contributed by atoms with Crippen LogP contribution >= 0.6 is 0 Å². The van der Waals surface area contributed by atoms with Gasteiger partial charge in [-0.15, -0.1) is 0 Å². The fourth-order valence-electron chi connectivity index (χ4n) is 3.17. The molecule has 0 radical (unpaired) electrons. The minimum absolute atomic E-state index is 0.128. The van der Waals surface area contributed by atoms with E-state index in [9.17, 15) is 8.42 Å². The van der Waals surface area contributed by atoms with E-state index in [1.807, 2.05) is 6.07 Å². The smallest absolute Gasteiger partial charge is 0.245 e. The van der Waals surface area contributed by atoms with E-state index in [-0.39, 0.29) is 6.04 Å². The normalized spacial score (nSPS) is 23.2. The maximum atomic E-state index is 12.8. The van der Waals surface area contributed by atoms with Gasteiger partial charge in [0, 0.05) is 20.1 Å². The van der Waals surface area contributed by atoms with Crippen molar-refractivity contribution in [3.05, 3.63) is 24.3 Å². The van der Waals surface area contributed by atoms with Gasteiger partial charge in [0.05, 0.1) is 5.69 Å². The van der Waals surface area contributed by atoms with Gasteiger partial charge in [-0.2, -0.15) is 4.31 Å². The van der Waals surface area contributed by atoms with E-state index in [4.69, 9.17) is 0 Å². The summed E-state index contributed by atoms with van der Waals surface area (Å²) >= 11 is 0. The molecule has 0 heterocycles. The van der Waals surface area contributed by atoms with Gasteiger partial charge < -0.3 is 5.32 Å². The van der Waals surface area contributed by atoms with Crippen molar-refractivity contribution in [2.24, 2.45) is 5.92 Å². The third-order valence-electron chi connectivity index (χ3n) is 4.72. The summed E-state index contributed by atoms with van der Waals surface area (Å²) in [5, 5.41) is 2.97. The third kappa shape index (κ3) is 3.40. The lowest BCUT2D eigenvalue weighted by atomic mass is 9.85. The summed E-state index contributed by atoms with van der Waals surface area (Å²) in [7, 11) is 0.0370. The maximum Gasteiger partial charge on any atom is 0.245 e. The highest BCUT2D eigenvalue weighted by Crippen LogP contribution is 2.32. The standard InChI is InChI=1S/C16H26N2O2S/c1-4-13-9-11-14(12-10-13)18(3)21(19,20)16-8-6-5-7-15(16)17-2/h5-8,13-14,17H,4,9-12H2,1-3H3. The molecule has 0 spiro atoms. The summed E-state index contributed by atoms with van der Waals surface area (Å²) in [6.07, 6.45) is 5.40. The highest BCUT2D eigenvalue weighted by molar-refractivity contribution is 7.89.